The van der Waals surface area contributed by atoms with Crippen LogP contribution in [0.4, 0.5) is 4.79 Å². The first-order valence-electron chi connectivity index (χ1n) is 45.6. The summed E-state index contributed by atoms with van der Waals surface area (Å²) in [6.45, 7) is 24.4. The van der Waals surface area contributed by atoms with Crippen LogP contribution in [0.15, 0.2) is 4.99 Å². The third-order valence-electron chi connectivity index (χ3n) is 20.1. The molecule has 0 aromatic rings. The number of carbonyl (C=O) groups is 3. The van der Waals surface area contributed by atoms with Gasteiger partial charge in [-0.1, -0.05) is 390 Å². The Kier molecular flexibility index (Phi) is 101. The maximum absolute atomic E-state index is 12.6. The lowest BCUT2D eigenvalue weighted by Crippen LogP contribution is -2.44. The van der Waals surface area contributed by atoms with Gasteiger partial charge in [-0.15, -0.1) is 0 Å². The molecule has 4 atom stereocenters. The highest BCUT2D eigenvalue weighted by atomic mass is 16.6. The van der Waals surface area contributed by atoms with Gasteiger partial charge in [0.2, 0.25) is 6.08 Å². The maximum atomic E-state index is 12.6. The Morgan fingerprint density at radius 2 is 0.641 bits per heavy atom. The lowest BCUT2D eigenvalue weighted by Gasteiger charge is -2.20. The number of isocyanates is 1. The standard InChI is InChI=1S/C39H78N2O4.C26H53NO3.C13H25NO.C12H27N/c1-5-9-12-15-17-19-21-23-26-29-33-40-39(43)41-36(8-4)35-44-34-32-37(30-27-24-14-11-7-3)45-38(42)31-28-25-22-20-18-16-13-10-6-2;1-4-7-9-11-12-13-14-16-18-20-26(28)30-25(19-17-15-10-8-5-2)21-22-29-23-24(27)6-3;1-2-3-4-5-6-7-8-9-10-11-12-14-13-15;1-2-3-4-5-6-7-8-9-10-11-12-13/h36-37H,5-35H2,1-4H3,(H2,40,41,43);24-25H,4-23,27H2,1-3H3;2-12H2,1H3;2-13H2,1H3/t36-,37+;24-,25+;;/m00../s1. The summed E-state index contributed by atoms with van der Waals surface area (Å²) in [5, 5.41) is 6.08. The molecular formula is C90H183N5O8. The van der Waals surface area contributed by atoms with Gasteiger partial charge < -0.3 is 41.0 Å². The Labute approximate surface area is 642 Å². The molecule has 0 aliphatic heterocycles. The molecule has 0 bridgehead atoms. The molecule has 0 fully saturated rings. The van der Waals surface area contributed by atoms with Crippen molar-refractivity contribution in [3.05, 3.63) is 0 Å². The number of ether oxygens (including phenoxy) is 4. The number of nitrogens with two attached hydrogens (primary N) is 2. The molecule has 616 valence electrons. The van der Waals surface area contributed by atoms with E-state index < -0.39 is 0 Å². The number of hydrogen-bond acceptors (Lipinski definition) is 11. The summed E-state index contributed by atoms with van der Waals surface area (Å²) < 4.78 is 23.4. The van der Waals surface area contributed by atoms with Gasteiger partial charge in [0.25, 0.3) is 0 Å². The van der Waals surface area contributed by atoms with Crippen LogP contribution < -0.4 is 22.1 Å². The summed E-state index contributed by atoms with van der Waals surface area (Å²) in [5.74, 6) is -0.0783. The van der Waals surface area contributed by atoms with Crippen LogP contribution in [-0.2, 0) is 33.3 Å². The van der Waals surface area contributed by atoms with Crippen molar-refractivity contribution in [3.63, 3.8) is 0 Å². The maximum Gasteiger partial charge on any atom is 0.315 e. The van der Waals surface area contributed by atoms with E-state index >= 15 is 0 Å². The Bertz CT molecular complexity index is 1640. The van der Waals surface area contributed by atoms with Gasteiger partial charge in [0.1, 0.15) is 12.2 Å². The molecule has 0 aliphatic carbocycles. The van der Waals surface area contributed by atoms with Crippen molar-refractivity contribution in [3.8, 4) is 0 Å². The quantitative estimate of drug-likeness (QED) is 0.0197. The number of aliphatic imine (C=N–C) groups is 1. The molecule has 0 aromatic carbocycles. The van der Waals surface area contributed by atoms with Gasteiger partial charge in [0.15, 0.2) is 0 Å². The van der Waals surface area contributed by atoms with Crippen molar-refractivity contribution in [1.29, 1.82) is 0 Å². The van der Waals surface area contributed by atoms with Gasteiger partial charge >= 0.3 is 18.0 Å². The molecule has 0 saturated carbocycles. The minimum absolute atomic E-state index is 0.00413. The van der Waals surface area contributed by atoms with Gasteiger partial charge in [0.05, 0.1) is 39.0 Å². The van der Waals surface area contributed by atoms with Crippen LogP contribution in [0.1, 0.15) is 486 Å². The van der Waals surface area contributed by atoms with Gasteiger partial charge in [-0.3, -0.25) is 9.59 Å². The fourth-order valence-corrected chi connectivity index (χ4v) is 12.8. The topological polar surface area (TPSA) is 194 Å². The molecule has 0 aliphatic rings. The lowest BCUT2D eigenvalue weighted by atomic mass is 10.1. The molecule has 0 aromatic heterocycles. The third kappa shape index (κ3) is 97.4. The number of urea groups is 1. The zero-order valence-electron chi connectivity index (χ0n) is 70.8. The predicted octanol–water partition coefficient (Wildman–Crippen LogP) is 27.0. The number of nitrogens with one attached hydrogen (secondary N) is 2. The van der Waals surface area contributed by atoms with Crippen LogP contribution in [0.2, 0.25) is 0 Å². The van der Waals surface area contributed by atoms with E-state index in [1.165, 1.54) is 321 Å². The molecular weight excluding hydrogens is 1280 g/mol. The third-order valence-corrected chi connectivity index (χ3v) is 20.1. The molecule has 6 N–H and O–H groups in total. The molecule has 0 rings (SSSR count). The second-order valence-corrected chi connectivity index (χ2v) is 30.5. The van der Waals surface area contributed by atoms with E-state index in [0.29, 0.717) is 45.8 Å². The van der Waals surface area contributed by atoms with E-state index in [-0.39, 0.29) is 42.3 Å². The number of hydrogen-bond donors (Lipinski definition) is 4. The monoisotopic (exact) mass is 1460 g/mol. The van der Waals surface area contributed by atoms with Crippen LogP contribution in [0.5, 0.6) is 0 Å². The van der Waals surface area contributed by atoms with Crippen molar-refractivity contribution in [2.75, 3.05) is 46.1 Å². The number of rotatable bonds is 79. The molecule has 13 heteroatoms. The fraction of sp³-hybridized carbons (Fsp3) is 0.956. The summed E-state index contributed by atoms with van der Waals surface area (Å²) in [6.07, 6.45) is 82.6. The number of unbranched alkanes of at least 4 members (excludes halogenated alkanes) is 51. The number of nitrogens with zero attached hydrogens (tertiary/aromatic N) is 1. The second-order valence-electron chi connectivity index (χ2n) is 30.5. The molecule has 13 nitrogen and oxygen atoms in total. The first-order chi connectivity index (χ1) is 50.5. The Hall–Kier alpha value is -2.57. The fourth-order valence-electron chi connectivity index (χ4n) is 12.8. The largest absolute Gasteiger partial charge is 0.462 e. The summed E-state index contributed by atoms with van der Waals surface area (Å²) in [7, 11) is 0. The molecule has 0 spiro atoms. The van der Waals surface area contributed by atoms with Gasteiger partial charge in [0, 0.05) is 38.3 Å². The van der Waals surface area contributed by atoms with Gasteiger partial charge in [-0.05, 0) is 77.2 Å². The molecule has 0 radical (unpaired) electrons. The Balaban J connectivity index is -0.000000717. The highest BCUT2D eigenvalue weighted by Crippen LogP contribution is 2.20. The van der Waals surface area contributed by atoms with E-state index in [1.54, 1.807) is 6.08 Å². The van der Waals surface area contributed by atoms with E-state index in [0.717, 1.165) is 103 Å². The Morgan fingerprint density at radius 1 is 0.350 bits per heavy atom. The first-order valence-corrected chi connectivity index (χ1v) is 45.6. The average molecular weight is 1460 g/mol. The van der Waals surface area contributed by atoms with E-state index in [9.17, 15) is 19.2 Å². The van der Waals surface area contributed by atoms with E-state index in [4.69, 9.17) is 30.4 Å². The molecule has 0 saturated heterocycles. The minimum Gasteiger partial charge on any atom is -0.462 e. The molecule has 2 amide bonds. The van der Waals surface area contributed by atoms with E-state index in [1.807, 2.05) is 0 Å². The molecule has 103 heavy (non-hydrogen) atoms. The van der Waals surface area contributed by atoms with Crippen LogP contribution >= 0.6 is 0 Å². The van der Waals surface area contributed by atoms with Crippen LogP contribution in [0.3, 0.4) is 0 Å². The van der Waals surface area contributed by atoms with Crippen LogP contribution in [0, 0.1) is 0 Å². The zero-order chi connectivity index (χ0) is 76.3. The molecule has 0 unspecified atom stereocenters. The van der Waals surface area contributed by atoms with Crippen molar-refractivity contribution in [1.82, 2.24) is 10.6 Å². The van der Waals surface area contributed by atoms with Crippen molar-refractivity contribution >= 4 is 24.0 Å². The van der Waals surface area contributed by atoms with Crippen molar-refractivity contribution < 1.29 is 38.1 Å². The van der Waals surface area contributed by atoms with Crippen LogP contribution in [0.25, 0.3) is 0 Å². The molecule has 0 heterocycles. The summed E-state index contributed by atoms with van der Waals surface area (Å²) in [4.78, 5) is 50.6. The Morgan fingerprint density at radius 3 is 0.951 bits per heavy atom. The predicted molar refractivity (Wildman–Crippen MR) is 448 cm³/mol. The highest BCUT2D eigenvalue weighted by Gasteiger charge is 2.18. The van der Waals surface area contributed by atoms with Crippen molar-refractivity contribution in [2.45, 2.75) is 510 Å². The summed E-state index contributed by atoms with van der Waals surface area (Å²) >= 11 is 0. The SMILES string of the molecule is CCCCCCCCCCCC(=O)O[C@H](CCCCCCC)CCOC[C@@H](N)CC.CCCCCCCCCCCCN.CCCCCCCCCCCCN=C=O.CCCCCCCCCCCCNC(=O)N[C@@H](CC)COCC[C@@H](CCCCCCC)OC(=O)CCCCCCCCCCC. The summed E-state index contributed by atoms with van der Waals surface area (Å²) in [5.41, 5.74) is 11.3. The van der Waals surface area contributed by atoms with E-state index in [2.05, 4.69) is 77.9 Å². The first kappa shape index (κ1) is 107. The van der Waals surface area contributed by atoms with Crippen molar-refractivity contribution in [2.24, 2.45) is 16.5 Å². The highest BCUT2D eigenvalue weighted by molar-refractivity contribution is 5.74. The normalized spacial score (nSPS) is 12.2. The van der Waals surface area contributed by atoms with Crippen LogP contribution in [-0.4, -0.2) is 94.4 Å². The number of carbonyl (C=O) groups excluding carboxylic acids is 4. The number of esters is 2. The minimum atomic E-state index is -0.100. The second kappa shape index (κ2) is 97.4. The lowest BCUT2D eigenvalue weighted by molar-refractivity contribution is -0.151. The zero-order valence-corrected chi connectivity index (χ0v) is 70.8. The average Bonchev–Trinajstić information content (AvgIpc) is 2.14. The number of amides is 2. The smallest absolute Gasteiger partial charge is 0.315 e. The van der Waals surface area contributed by atoms with Gasteiger partial charge in [-0.2, -0.15) is 0 Å². The van der Waals surface area contributed by atoms with Gasteiger partial charge in [-0.25, -0.2) is 14.6 Å². The summed E-state index contributed by atoms with van der Waals surface area (Å²) in [6, 6.07) is -0.0113.